The van der Waals surface area contributed by atoms with E-state index in [1.165, 1.54) is 5.56 Å². The van der Waals surface area contributed by atoms with Crippen molar-refractivity contribution in [3.63, 3.8) is 0 Å². The molecule has 4 heteroatoms. The van der Waals surface area contributed by atoms with Gasteiger partial charge in [-0.25, -0.2) is 0 Å². The van der Waals surface area contributed by atoms with Gasteiger partial charge in [-0.1, -0.05) is 23.7 Å². The third kappa shape index (κ3) is 3.35. The number of halogens is 2. The number of benzene rings is 2. The summed E-state index contributed by atoms with van der Waals surface area (Å²) in [7, 11) is 1.71. The first kappa shape index (κ1) is 14.7. The van der Waals surface area contributed by atoms with Gasteiger partial charge in [-0.3, -0.25) is 0 Å². The molecule has 0 aliphatic heterocycles. The summed E-state index contributed by atoms with van der Waals surface area (Å²) in [6.45, 7) is 0. The Bertz CT molecular complexity index is 640. The molecule has 0 unspecified atom stereocenters. The SMILES string of the molecule is COc1cccc(C2CC(Nc3ccc(Cl)c(Br)c3)C2)c1. The zero-order chi connectivity index (χ0) is 14.8. The molecule has 0 radical (unpaired) electrons. The Hall–Kier alpha value is -1.19. The summed E-state index contributed by atoms with van der Waals surface area (Å²) in [6, 6.07) is 14.9. The highest BCUT2D eigenvalue weighted by Gasteiger charge is 2.30. The largest absolute Gasteiger partial charge is 0.497 e. The standard InChI is InChI=1S/C17H17BrClNO/c1-21-15-4-2-3-11(9-15)12-7-14(8-12)20-13-5-6-17(19)16(18)10-13/h2-6,9-10,12,14,20H,7-8H2,1H3. The quantitative estimate of drug-likeness (QED) is 0.774. The van der Waals surface area contributed by atoms with Crippen LogP contribution in [0.25, 0.3) is 0 Å². The van der Waals surface area contributed by atoms with E-state index in [-0.39, 0.29) is 0 Å². The van der Waals surface area contributed by atoms with Gasteiger partial charge in [0.2, 0.25) is 0 Å². The number of hydrogen-bond acceptors (Lipinski definition) is 2. The first-order chi connectivity index (χ1) is 10.2. The second kappa shape index (κ2) is 6.29. The number of hydrogen-bond donors (Lipinski definition) is 1. The van der Waals surface area contributed by atoms with Gasteiger partial charge in [0.25, 0.3) is 0 Å². The fourth-order valence-electron chi connectivity index (χ4n) is 2.72. The van der Waals surface area contributed by atoms with Crippen molar-refractivity contribution in [1.82, 2.24) is 0 Å². The Morgan fingerprint density at radius 3 is 2.71 bits per heavy atom. The lowest BCUT2D eigenvalue weighted by Gasteiger charge is -2.37. The highest BCUT2D eigenvalue weighted by Crippen LogP contribution is 2.39. The van der Waals surface area contributed by atoms with Crippen LogP contribution in [0, 0.1) is 0 Å². The molecule has 0 spiro atoms. The summed E-state index contributed by atoms with van der Waals surface area (Å²) in [6.07, 6.45) is 2.29. The third-order valence-corrected chi connectivity index (χ3v) is 5.21. The van der Waals surface area contributed by atoms with E-state index in [0.29, 0.717) is 12.0 Å². The van der Waals surface area contributed by atoms with E-state index in [4.69, 9.17) is 16.3 Å². The Kier molecular flexibility index (Phi) is 4.41. The topological polar surface area (TPSA) is 21.3 Å². The first-order valence-electron chi connectivity index (χ1n) is 7.01. The number of nitrogens with one attached hydrogen (secondary N) is 1. The zero-order valence-electron chi connectivity index (χ0n) is 11.8. The summed E-state index contributed by atoms with van der Waals surface area (Å²) in [4.78, 5) is 0. The van der Waals surface area contributed by atoms with Gasteiger partial charge in [0.15, 0.2) is 0 Å². The summed E-state index contributed by atoms with van der Waals surface area (Å²) in [5, 5.41) is 4.29. The van der Waals surface area contributed by atoms with Crippen LogP contribution in [0.2, 0.25) is 5.02 Å². The lowest BCUT2D eigenvalue weighted by molar-refractivity contribution is 0.370. The molecule has 0 heterocycles. The van der Waals surface area contributed by atoms with Crippen LogP contribution in [0.5, 0.6) is 5.75 Å². The molecule has 0 atom stereocenters. The lowest BCUT2D eigenvalue weighted by Crippen LogP contribution is -2.33. The number of anilines is 1. The van der Waals surface area contributed by atoms with Crippen molar-refractivity contribution in [3.8, 4) is 5.75 Å². The molecule has 0 amide bonds. The minimum absolute atomic E-state index is 0.522. The molecule has 1 fully saturated rings. The number of methoxy groups -OCH3 is 1. The predicted molar refractivity (Wildman–Crippen MR) is 91.5 cm³/mol. The Labute approximate surface area is 138 Å². The van der Waals surface area contributed by atoms with Crippen LogP contribution in [0.1, 0.15) is 24.3 Å². The normalized spacial score (nSPS) is 20.7. The lowest BCUT2D eigenvalue weighted by atomic mass is 9.76. The molecular formula is C17H17BrClNO. The van der Waals surface area contributed by atoms with Crippen molar-refractivity contribution in [3.05, 3.63) is 57.5 Å². The van der Waals surface area contributed by atoms with Crippen molar-refractivity contribution in [2.24, 2.45) is 0 Å². The molecule has 1 aliphatic rings. The molecule has 1 N–H and O–H groups in total. The van der Waals surface area contributed by atoms with Crippen LogP contribution in [0.15, 0.2) is 46.9 Å². The van der Waals surface area contributed by atoms with Gasteiger partial charge >= 0.3 is 0 Å². The Morgan fingerprint density at radius 2 is 2.00 bits per heavy atom. The van der Waals surface area contributed by atoms with Crippen molar-refractivity contribution in [1.29, 1.82) is 0 Å². The fourth-order valence-corrected chi connectivity index (χ4v) is 3.22. The summed E-state index contributed by atoms with van der Waals surface area (Å²) in [5.74, 6) is 1.55. The van der Waals surface area contributed by atoms with Gasteiger partial charge < -0.3 is 10.1 Å². The van der Waals surface area contributed by atoms with E-state index in [1.54, 1.807) is 7.11 Å². The van der Waals surface area contributed by atoms with E-state index < -0.39 is 0 Å². The molecular weight excluding hydrogens is 350 g/mol. The van der Waals surface area contributed by atoms with E-state index in [1.807, 2.05) is 24.3 Å². The highest BCUT2D eigenvalue weighted by atomic mass is 79.9. The van der Waals surface area contributed by atoms with E-state index in [9.17, 15) is 0 Å². The number of rotatable bonds is 4. The molecule has 110 valence electrons. The molecule has 1 aliphatic carbocycles. The summed E-state index contributed by atoms with van der Waals surface area (Å²) >= 11 is 9.46. The molecule has 0 aromatic heterocycles. The fraction of sp³-hybridized carbons (Fsp3) is 0.294. The number of ether oxygens (including phenoxy) is 1. The maximum Gasteiger partial charge on any atom is 0.119 e. The van der Waals surface area contributed by atoms with Crippen molar-refractivity contribution in [2.45, 2.75) is 24.8 Å². The maximum absolute atomic E-state index is 6.01. The molecule has 2 aromatic carbocycles. The van der Waals surface area contributed by atoms with Crippen LogP contribution in [-0.4, -0.2) is 13.2 Å². The zero-order valence-corrected chi connectivity index (χ0v) is 14.1. The Balaban J connectivity index is 1.59. The van der Waals surface area contributed by atoms with Gasteiger partial charge in [-0.15, -0.1) is 0 Å². The summed E-state index contributed by atoms with van der Waals surface area (Å²) < 4.78 is 6.22. The van der Waals surface area contributed by atoms with Crippen molar-refractivity contribution < 1.29 is 4.74 Å². The van der Waals surface area contributed by atoms with E-state index in [0.717, 1.165) is 33.8 Å². The maximum atomic E-state index is 6.01. The highest BCUT2D eigenvalue weighted by molar-refractivity contribution is 9.10. The second-order valence-corrected chi connectivity index (χ2v) is 6.68. The minimum Gasteiger partial charge on any atom is -0.497 e. The van der Waals surface area contributed by atoms with Gasteiger partial charge in [0.1, 0.15) is 5.75 Å². The average Bonchev–Trinajstić information content (AvgIpc) is 2.46. The van der Waals surface area contributed by atoms with Gasteiger partial charge in [-0.2, -0.15) is 0 Å². The first-order valence-corrected chi connectivity index (χ1v) is 8.18. The van der Waals surface area contributed by atoms with Gasteiger partial charge in [0, 0.05) is 16.2 Å². The van der Waals surface area contributed by atoms with Crippen molar-refractivity contribution in [2.75, 3.05) is 12.4 Å². The van der Waals surface area contributed by atoms with E-state index in [2.05, 4.69) is 39.4 Å². The molecule has 2 aromatic rings. The summed E-state index contributed by atoms with van der Waals surface area (Å²) in [5.41, 5.74) is 2.48. The van der Waals surface area contributed by atoms with Crippen LogP contribution in [0.4, 0.5) is 5.69 Å². The average molecular weight is 367 g/mol. The van der Waals surface area contributed by atoms with Crippen LogP contribution in [-0.2, 0) is 0 Å². The van der Waals surface area contributed by atoms with Gasteiger partial charge in [0.05, 0.1) is 12.1 Å². The molecule has 21 heavy (non-hydrogen) atoms. The smallest absolute Gasteiger partial charge is 0.119 e. The molecule has 3 rings (SSSR count). The second-order valence-electron chi connectivity index (χ2n) is 5.42. The molecule has 1 saturated carbocycles. The van der Waals surface area contributed by atoms with Gasteiger partial charge in [-0.05, 0) is 70.6 Å². The van der Waals surface area contributed by atoms with Crippen molar-refractivity contribution >= 4 is 33.2 Å². The van der Waals surface area contributed by atoms with Crippen LogP contribution < -0.4 is 10.1 Å². The molecule has 2 nitrogen and oxygen atoms in total. The molecule has 0 bridgehead atoms. The minimum atomic E-state index is 0.522. The monoisotopic (exact) mass is 365 g/mol. The Morgan fingerprint density at radius 1 is 1.19 bits per heavy atom. The van der Waals surface area contributed by atoms with Crippen LogP contribution in [0.3, 0.4) is 0 Å². The third-order valence-electron chi connectivity index (χ3n) is 3.99. The molecule has 0 saturated heterocycles. The predicted octanol–water partition coefficient (Wildman–Crippen LogP) is 5.47. The van der Waals surface area contributed by atoms with Crippen LogP contribution >= 0.6 is 27.5 Å². The van der Waals surface area contributed by atoms with E-state index >= 15 is 0 Å².